The molecule has 58 valence electrons. The molecule has 0 saturated carbocycles. The quantitative estimate of drug-likeness (QED) is 0.494. The van der Waals surface area contributed by atoms with Gasteiger partial charge in [0, 0.05) is 32.2 Å². The summed E-state index contributed by atoms with van der Waals surface area (Å²) in [7, 11) is 0. The molecule has 2 aliphatic heterocycles. The standard InChI is InChI=1S/C7H14N2O/c10-7-1-2-9(5-7)6-3-8-4-6/h6-8,10H,1-5H2/t7-/m0/s1. The highest BCUT2D eigenvalue weighted by Gasteiger charge is 2.29. The van der Waals surface area contributed by atoms with E-state index in [2.05, 4.69) is 10.2 Å². The Morgan fingerprint density at radius 3 is 2.60 bits per heavy atom. The van der Waals surface area contributed by atoms with Gasteiger partial charge in [-0.1, -0.05) is 0 Å². The third kappa shape index (κ3) is 1.05. The molecule has 0 aromatic carbocycles. The zero-order chi connectivity index (χ0) is 6.97. The minimum atomic E-state index is -0.0550. The fourth-order valence-electron chi connectivity index (χ4n) is 1.63. The number of aliphatic hydroxyl groups excluding tert-OH is 1. The fraction of sp³-hybridized carbons (Fsp3) is 1.00. The van der Waals surface area contributed by atoms with Gasteiger partial charge < -0.3 is 10.4 Å². The summed E-state index contributed by atoms with van der Waals surface area (Å²) < 4.78 is 0. The van der Waals surface area contributed by atoms with Crippen LogP contribution in [-0.4, -0.2) is 48.3 Å². The Morgan fingerprint density at radius 1 is 1.40 bits per heavy atom. The summed E-state index contributed by atoms with van der Waals surface area (Å²) in [5.41, 5.74) is 0. The van der Waals surface area contributed by atoms with Gasteiger partial charge in [-0.25, -0.2) is 0 Å². The predicted octanol–water partition coefficient (Wildman–Crippen LogP) is -0.975. The molecule has 2 N–H and O–H groups in total. The number of β-amino-alcohol motifs (C(OH)–C–C–N with tert-alkyl or cyclic N) is 1. The molecule has 2 fully saturated rings. The highest BCUT2D eigenvalue weighted by Crippen LogP contribution is 2.14. The number of rotatable bonds is 1. The molecule has 2 aliphatic rings. The average molecular weight is 142 g/mol. The maximum atomic E-state index is 9.21. The highest BCUT2D eigenvalue weighted by molar-refractivity contribution is 4.88. The molecule has 0 spiro atoms. The zero-order valence-electron chi connectivity index (χ0n) is 6.08. The lowest BCUT2D eigenvalue weighted by molar-refractivity contribution is 0.136. The van der Waals surface area contributed by atoms with E-state index in [9.17, 15) is 5.11 Å². The first-order chi connectivity index (χ1) is 4.86. The average Bonchev–Trinajstić information content (AvgIpc) is 2.10. The molecule has 0 bridgehead atoms. The van der Waals surface area contributed by atoms with Gasteiger partial charge in [0.05, 0.1) is 6.10 Å². The number of aliphatic hydroxyl groups is 1. The van der Waals surface area contributed by atoms with Gasteiger partial charge in [0.15, 0.2) is 0 Å². The summed E-state index contributed by atoms with van der Waals surface area (Å²) in [6, 6.07) is 0.720. The zero-order valence-corrected chi connectivity index (χ0v) is 6.08. The molecule has 0 unspecified atom stereocenters. The van der Waals surface area contributed by atoms with Crippen LogP contribution in [0.15, 0.2) is 0 Å². The summed E-state index contributed by atoms with van der Waals surface area (Å²) in [5, 5.41) is 12.4. The first-order valence-electron chi connectivity index (χ1n) is 3.99. The van der Waals surface area contributed by atoms with Crippen LogP contribution in [0.2, 0.25) is 0 Å². The summed E-state index contributed by atoms with van der Waals surface area (Å²) in [4.78, 5) is 2.38. The molecule has 0 aromatic heterocycles. The Labute approximate surface area is 61.0 Å². The maximum Gasteiger partial charge on any atom is 0.0679 e. The van der Waals surface area contributed by atoms with Crippen molar-refractivity contribution >= 4 is 0 Å². The number of hydrogen-bond acceptors (Lipinski definition) is 3. The van der Waals surface area contributed by atoms with Crippen LogP contribution in [-0.2, 0) is 0 Å². The first-order valence-corrected chi connectivity index (χ1v) is 3.99. The molecule has 1 atom stereocenters. The van der Waals surface area contributed by atoms with Crippen LogP contribution in [0.1, 0.15) is 6.42 Å². The van der Waals surface area contributed by atoms with Crippen LogP contribution in [0.25, 0.3) is 0 Å². The van der Waals surface area contributed by atoms with Gasteiger partial charge in [-0.2, -0.15) is 0 Å². The first kappa shape index (κ1) is 6.58. The van der Waals surface area contributed by atoms with Crippen LogP contribution in [0.3, 0.4) is 0 Å². The van der Waals surface area contributed by atoms with Gasteiger partial charge in [0.25, 0.3) is 0 Å². The van der Waals surface area contributed by atoms with Gasteiger partial charge in [-0.3, -0.25) is 4.90 Å². The van der Waals surface area contributed by atoms with Gasteiger partial charge in [0.1, 0.15) is 0 Å². The third-order valence-corrected chi connectivity index (χ3v) is 2.47. The summed E-state index contributed by atoms with van der Waals surface area (Å²) in [6.07, 6.45) is 0.914. The molecule has 0 radical (unpaired) electrons. The molecule has 10 heavy (non-hydrogen) atoms. The minimum absolute atomic E-state index is 0.0550. The van der Waals surface area contributed by atoms with Crippen LogP contribution in [0.5, 0.6) is 0 Å². The summed E-state index contributed by atoms with van der Waals surface area (Å²) in [5.74, 6) is 0. The van der Waals surface area contributed by atoms with Crippen molar-refractivity contribution in [2.24, 2.45) is 0 Å². The maximum absolute atomic E-state index is 9.21. The SMILES string of the molecule is O[C@H]1CCN(C2CNC2)C1. The number of nitrogens with zero attached hydrogens (tertiary/aromatic N) is 1. The molecule has 2 heterocycles. The number of hydrogen-bond donors (Lipinski definition) is 2. The van der Waals surface area contributed by atoms with Crippen molar-refractivity contribution in [2.45, 2.75) is 18.6 Å². The Kier molecular flexibility index (Phi) is 1.64. The second kappa shape index (κ2) is 2.49. The number of likely N-dealkylation sites (tertiary alicyclic amines) is 1. The van der Waals surface area contributed by atoms with Crippen molar-refractivity contribution in [3.05, 3.63) is 0 Å². The summed E-state index contributed by atoms with van der Waals surface area (Å²) >= 11 is 0. The highest BCUT2D eigenvalue weighted by atomic mass is 16.3. The van der Waals surface area contributed by atoms with Crippen molar-refractivity contribution in [3.63, 3.8) is 0 Å². The Morgan fingerprint density at radius 2 is 2.20 bits per heavy atom. The van der Waals surface area contributed by atoms with E-state index in [0.29, 0.717) is 0 Å². The molecular formula is C7H14N2O. The van der Waals surface area contributed by atoms with Crippen molar-refractivity contribution < 1.29 is 5.11 Å². The molecule has 0 aromatic rings. The van der Waals surface area contributed by atoms with Gasteiger partial charge in [-0.05, 0) is 6.42 Å². The van der Waals surface area contributed by atoms with E-state index < -0.39 is 0 Å². The lowest BCUT2D eigenvalue weighted by atomic mass is 10.1. The van der Waals surface area contributed by atoms with E-state index in [1.165, 1.54) is 0 Å². The van der Waals surface area contributed by atoms with E-state index in [-0.39, 0.29) is 6.10 Å². The van der Waals surface area contributed by atoms with Crippen molar-refractivity contribution in [2.75, 3.05) is 26.2 Å². The largest absolute Gasteiger partial charge is 0.392 e. The van der Waals surface area contributed by atoms with Crippen molar-refractivity contribution in [3.8, 4) is 0 Å². The second-order valence-electron chi connectivity index (χ2n) is 3.25. The Hall–Kier alpha value is -0.120. The van der Waals surface area contributed by atoms with Gasteiger partial charge >= 0.3 is 0 Å². The van der Waals surface area contributed by atoms with E-state index in [1.54, 1.807) is 0 Å². The lowest BCUT2D eigenvalue weighted by Crippen LogP contribution is -2.56. The van der Waals surface area contributed by atoms with Gasteiger partial charge in [0.2, 0.25) is 0 Å². The monoisotopic (exact) mass is 142 g/mol. The predicted molar refractivity (Wildman–Crippen MR) is 38.9 cm³/mol. The van der Waals surface area contributed by atoms with E-state index in [0.717, 1.165) is 38.6 Å². The van der Waals surface area contributed by atoms with Crippen LogP contribution in [0.4, 0.5) is 0 Å². The molecule has 2 saturated heterocycles. The third-order valence-electron chi connectivity index (χ3n) is 2.47. The Bertz CT molecular complexity index is 125. The topological polar surface area (TPSA) is 35.5 Å². The van der Waals surface area contributed by atoms with E-state index in [1.807, 2.05) is 0 Å². The van der Waals surface area contributed by atoms with Gasteiger partial charge in [-0.15, -0.1) is 0 Å². The number of nitrogens with one attached hydrogen (secondary N) is 1. The van der Waals surface area contributed by atoms with E-state index >= 15 is 0 Å². The Balaban J connectivity index is 1.82. The normalized spacial score (nSPS) is 36.3. The lowest BCUT2D eigenvalue weighted by Gasteiger charge is -2.35. The molecular weight excluding hydrogens is 128 g/mol. The molecule has 0 amide bonds. The van der Waals surface area contributed by atoms with Crippen molar-refractivity contribution in [1.82, 2.24) is 10.2 Å². The van der Waals surface area contributed by atoms with E-state index in [4.69, 9.17) is 0 Å². The van der Waals surface area contributed by atoms with Crippen LogP contribution < -0.4 is 5.32 Å². The summed E-state index contributed by atoms with van der Waals surface area (Å²) in [6.45, 7) is 4.22. The molecule has 3 heteroatoms. The minimum Gasteiger partial charge on any atom is -0.392 e. The smallest absolute Gasteiger partial charge is 0.0679 e. The van der Waals surface area contributed by atoms with Crippen molar-refractivity contribution in [1.29, 1.82) is 0 Å². The fourth-order valence-corrected chi connectivity index (χ4v) is 1.63. The molecule has 2 rings (SSSR count). The second-order valence-corrected chi connectivity index (χ2v) is 3.25. The van der Waals surface area contributed by atoms with Crippen LogP contribution in [0, 0.1) is 0 Å². The molecule has 3 nitrogen and oxygen atoms in total. The molecule has 0 aliphatic carbocycles. The van der Waals surface area contributed by atoms with Crippen LogP contribution >= 0.6 is 0 Å².